The number of hydrogen-bond acceptors (Lipinski definition) is 3. The first-order chi connectivity index (χ1) is 10.4. The molecule has 0 aliphatic rings. The number of benzene rings is 1. The van der Waals surface area contributed by atoms with Crippen molar-refractivity contribution in [1.82, 2.24) is 9.97 Å². The Morgan fingerprint density at radius 3 is 1.70 bits per heavy atom. The molecule has 0 saturated carbocycles. The highest BCUT2D eigenvalue weighted by molar-refractivity contribution is 6.33. The van der Waals surface area contributed by atoms with E-state index in [1.54, 1.807) is 0 Å². The van der Waals surface area contributed by atoms with Crippen molar-refractivity contribution in [1.29, 1.82) is 0 Å². The zero-order chi connectivity index (χ0) is 17.8. The number of rotatable bonds is 0. The summed E-state index contributed by atoms with van der Waals surface area (Å²) < 4.78 is 71.5. The van der Waals surface area contributed by atoms with E-state index in [0.717, 1.165) is 18.2 Å². The van der Waals surface area contributed by atoms with Gasteiger partial charge in [0.1, 0.15) is 10.3 Å². The van der Waals surface area contributed by atoms with E-state index in [1.165, 1.54) is 12.1 Å². The molecule has 2 N–H and O–H groups in total. The van der Waals surface area contributed by atoms with Gasteiger partial charge in [0.05, 0.1) is 5.56 Å². The average Bonchev–Trinajstić information content (AvgIpc) is 2.36. The Hall–Kier alpha value is -1.74. The highest BCUT2D eigenvalue weighted by Crippen LogP contribution is 2.30. The molecule has 0 amide bonds. The van der Waals surface area contributed by atoms with E-state index < -0.39 is 23.7 Å². The molecule has 1 heterocycles. The van der Waals surface area contributed by atoms with Crippen molar-refractivity contribution in [3.8, 4) is 0 Å². The molecule has 1 aromatic heterocycles. The number of anilines is 1. The van der Waals surface area contributed by atoms with Crippen LogP contribution in [0.2, 0.25) is 10.3 Å². The summed E-state index contributed by atoms with van der Waals surface area (Å²) in [6, 6.07) is 5.60. The van der Waals surface area contributed by atoms with E-state index >= 15 is 0 Å². The van der Waals surface area contributed by atoms with Gasteiger partial charge in [-0.2, -0.15) is 26.3 Å². The Bertz CT molecular complexity index is 652. The molecular weight excluding hydrogens is 371 g/mol. The molecular formula is C12H7Cl2F6N3. The quantitative estimate of drug-likeness (QED) is 0.395. The lowest BCUT2D eigenvalue weighted by Crippen LogP contribution is -2.10. The van der Waals surface area contributed by atoms with E-state index in [0.29, 0.717) is 0 Å². The number of aromatic nitrogens is 2. The fourth-order valence-electron chi connectivity index (χ4n) is 1.23. The number of alkyl halides is 6. The summed E-state index contributed by atoms with van der Waals surface area (Å²) in [4.78, 5) is 5.90. The van der Waals surface area contributed by atoms with Crippen LogP contribution in [0, 0.1) is 0 Å². The number of nitrogens with two attached hydrogens (primary N) is 1. The normalized spacial score (nSPS) is 11.7. The standard InChI is InChI=1S/C7H6F3N.C5HCl2F3N2/c8-7(9,10)5-2-1-3-6(11)4-5;6-2-1-3(7)12-4(11-2)5(8,9)10/h1-4H,11H2;1H. The molecule has 0 fully saturated rings. The van der Waals surface area contributed by atoms with E-state index in [1.807, 2.05) is 0 Å². The molecule has 11 heteroatoms. The zero-order valence-electron chi connectivity index (χ0n) is 10.9. The van der Waals surface area contributed by atoms with E-state index in [2.05, 4.69) is 9.97 Å². The summed E-state index contributed by atoms with van der Waals surface area (Å²) in [7, 11) is 0. The minimum atomic E-state index is -4.62. The van der Waals surface area contributed by atoms with E-state index in [-0.39, 0.29) is 16.0 Å². The van der Waals surface area contributed by atoms with Crippen LogP contribution in [0.3, 0.4) is 0 Å². The molecule has 1 aromatic carbocycles. The first kappa shape index (κ1) is 19.3. The van der Waals surface area contributed by atoms with Crippen LogP contribution in [0.5, 0.6) is 0 Å². The summed E-state index contributed by atoms with van der Waals surface area (Å²) in [5, 5.41) is -0.662. The molecule has 2 rings (SSSR count). The third-order valence-corrected chi connectivity index (χ3v) is 2.52. The first-order valence-corrected chi connectivity index (χ1v) is 6.35. The summed E-state index contributed by atoms with van der Waals surface area (Å²) in [5.41, 5.74) is 4.57. The average molecular weight is 378 g/mol. The Morgan fingerprint density at radius 1 is 0.826 bits per heavy atom. The Balaban J connectivity index is 0.000000231. The van der Waals surface area contributed by atoms with Crippen LogP contribution in [0.25, 0.3) is 0 Å². The monoisotopic (exact) mass is 377 g/mol. The number of nitrogen functional groups attached to an aromatic ring is 1. The van der Waals surface area contributed by atoms with Crippen molar-refractivity contribution in [2.45, 2.75) is 12.4 Å². The Kier molecular flexibility index (Phi) is 6.06. The van der Waals surface area contributed by atoms with E-state index in [9.17, 15) is 26.3 Å². The first-order valence-electron chi connectivity index (χ1n) is 5.59. The summed E-state index contributed by atoms with van der Waals surface area (Å²) in [6.45, 7) is 0. The molecule has 0 atom stereocenters. The highest BCUT2D eigenvalue weighted by Gasteiger charge is 2.35. The molecule has 0 saturated heterocycles. The zero-order valence-corrected chi connectivity index (χ0v) is 12.4. The van der Waals surface area contributed by atoms with Gasteiger partial charge in [0.15, 0.2) is 0 Å². The lowest BCUT2D eigenvalue weighted by Gasteiger charge is -2.05. The van der Waals surface area contributed by atoms with Gasteiger partial charge in [0.2, 0.25) is 5.82 Å². The largest absolute Gasteiger partial charge is 0.451 e. The van der Waals surface area contributed by atoms with Crippen molar-refractivity contribution in [2.75, 3.05) is 5.73 Å². The second kappa shape index (κ2) is 7.22. The van der Waals surface area contributed by atoms with Crippen molar-refractivity contribution in [2.24, 2.45) is 0 Å². The van der Waals surface area contributed by atoms with Gasteiger partial charge in [-0.1, -0.05) is 29.3 Å². The maximum atomic E-state index is 11.9. The van der Waals surface area contributed by atoms with Gasteiger partial charge in [-0.05, 0) is 18.2 Å². The van der Waals surface area contributed by atoms with Gasteiger partial charge in [-0.3, -0.25) is 0 Å². The Morgan fingerprint density at radius 2 is 1.35 bits per heavy atom. The fourth-order valence-corrected chi connectivity index (χ4v) is 1.65. The molecule has 0 spiro atoms. The molecule has 0 bridgehead atoms. The maximum absolute atomic E-state index is 11.9. The molecule has 0 aliphatic heterocycles. The number of halogens is 8. The van der Waals surface area contributed by atoms with Crippen LogP contribution in [0.4, 0.5) is 32.0 Å². The van der Waals surface area contributed by atoms with Crippen molar-refractivity contribution < 1.29 is 26.3 Å². The predicted molar refractivity (Wildman–Crippen MR) is 72.9 cm³/mol. The fraction of sp³-hybridized carbons (Fsp3) is 0.167. The van der Waals surface area contributed by atoms with Gasteiger partial charge in [-0.25, -0.2) is 9.97 Å². The van der Waals surface area contributed by atoms with Gasteiger partial charge < -0.3 is 5.73 Å². The van der Waals surface area contributed by atoms with E-state index in [4.69, 9.17) is 28.9 Å². The SMILES string of the molecule is FC(F)(F)c1nc(Cl)cc(Cl)n1.Nc1cccc(C(F)(F)F)c1. The lowest BCUT2D eigenvalue weighted by atomic mass is 10.2. The van der Waals surface area contributed by atoms with Crippen LogP contribution in [0.15, 0.2) is 30.3 Å². The van der Waals surface area contributed by atoms with Crippen LogP contribution < -0.4 is 5.73 Å². The smallest absolute Gasteiger partial charge is 0.399 e. The van der Waals surface area contributed by atoms with Crippen molar-refractivity contribution >= 4 is 28.9 Å². The molecule has 2 aromatic rings. The van der Waals surface area contributed by atoms with Crippen LogP contribution >= 0.6 is 23.2 Å². The maximum Gasteiger partial charge on any atom is 0.451 e. The van der Waals surface area contributed by atoms with Crippen molar-refractivity contribution in [3.63, 3.8) is 0 Å². The van der Waals surface area contributed by atoms with Gasteiger partial charge in [0, 0.05) is 11.8 Å². The summed E-state index contributed by atoms with van der Waals surface area (Å²) >= 11 is 10.4. The second-order valence-corrected chi connectivity index (χ2v) is 4.73. The third-order valence-electron chi connectivity index (χ3n) is 2.13. The highest BCUT2D eigenvalue weighted by atomic mass is 35.5. The van der Waals surface area contributed by atoms with Gasteiger partial charge >= 0.3 is 12.4 Å². The van der Waals surface area contributed by atoms with Gasteiger partial charge in [0.25, 0.3) is 0 Å². The minimum Gasteiger partial charge on any atom is -0.399 e. The molecule has 0 aliphatic carbocycles. The number of nitrogens with zero attached hydrogens (tertiary/aromatic N) is 2. The molecule has 0 radical (unpaired) electrons. The number of hydrogen-bond donors (Lipinski definition) is 1. The van der Waals surface area contributed by atoms with Gasteiger partial charge in [-0.15, -0.1) is 0 Å². The van der Waals surface area contributed by atoms with Crippen LogP contribution in [-0.4, -0.2) is 9.97 Å². The third kappa shape index (κ3) is 6.49. The minimum absolute atomic E-state index is 0.125. The van der Waals surface area contributed by atoms with Crippen LogP contribution in [0.1, 0.15) is 11.4 Å². The predicted octanol–water partition coefficient (Wildman–Crippen LogP) is 5.09. The molecule has 0 unspecified atom stereocenters. The van der Waals surface area contributed by atoms with Crippen LogP contribution in [-0.2, 0) is 12.4 Å². The second-order valence-electron chi connectivity index (χ2n) is 3.96. The molecule has 126 valence electrons. The van der Waals surface area contributed by atoms with Crippen molar-refractivity contribution in [3.05, 3.63) is 52.0 Å². The molecule has 23 heavy (non-hydrogen) atoms. The summed E-state index contributed by atoms with van der Waals surface area (Å²) in [5.74, 6) is -1.33. The lowest BCUT2D eigenvalue weighted by molar-refractivity contribution is -0.145. The molecule has 3 nitrogen and oxygen atoms in total. The Labute approximate surface area is 136 Å². The topological polar surface area (TPSA) is 51.8 Å². The summed E-state index contributed by atoms with van der Waals surface area (Å²) in [6.07, 6.45) is -8.91.